The lowest BCUT2D eigenvalue weighted by Crippen LogP contribution is -2.36. The molecular weight excluding hydrogens is 352 g/mol. The van der Waals surface area contributed by atoms with Crippen molar-refractivity contribution in [3.8, 4) is 5.75 Å². The Kier molecular flexibility index (Phi) is 6.02. The summed E-state index contributed by atoms with van der Waals surface area (Å²) in [5.41, 5.74) is 4.87. The molecule has 2 aromatic carbocycles. The van der Waals surface area contributed by atoms with Crippen molar-refractivity contribution in [1.29, 1.82) is 0 Å². The van der Waals surface area contributed by atoms with Gasteiger partial charge < -0.3 is 15.0 Å². The lowest BCUT2D eigenvalue weighted by molar-refractivity contribution is -0.126. The Balaban J connectivity index is 1.85. The summed E-state index contributed by atoms with van der Waals surface area (Å²) in [5.74, 6) is 0.542. The Hall–Kier alpha value is -2.82. The van der Waals surface area contributed by atoms with Gasteiger partial charge in [-0.3, -0.25) is 9.59 Å². The average Bonchev–Trinajstić information content (AvgIpc) is 2.93. The molecule has 28 heavy (non-hydrogen) atoms. The molecular formula is C23H28N2O3. The van der Waals surface area contributed by atoms with Gasteiger partial charge in [-0.05, 0) is 49.1 Å². The number of ether oxygens (including phenoxy) is 1. The normalized spacial score (nSPS) is 15.5. The van der Waals surface area contributed by atoms with Gasteiger partial charge in [0.2, 0.25) is 5.91 Å². The zero-order valence-electron chi connectivity index (χ0n) is 17.0. The number of benzene rings is 2. The van der Waals surface area contributed by atoms with Crippen LogP contribution in [0.5, 0.6) is 5.75 Å². The van der Waals surface area contributed by atoms with Gasteiger partial charge in [-0.25, -0.2) is 0 Å². The molecule has 0 saturated heterocycles. The third kappa shape index (κ3) is 4.03. The zero-order valence-corrected chi connectivity index (χ0v) is 17.0. The molecule has 1 unspecified atom stereocenters. The smallest absolute Gasteiger partial charge is 0.254 e. The summed E-state index contributed by atoms with van der Waals surface area (Å²) in [6, 6.07) is 11.3. The van der Waals surface area contributed by atoms with Crippen LogP contribution in [0.2, 0.25) is 0 Å². The van der Waals surface area contributed by atoms with Crippen LogP contribution in [-0.2, 0) is 16.1 Å². The van der Waals surface area contributed by atoms with Gasteiger partial charge in [0.05, 0.1) is 18.8 Å². The molecule has 1 atom stereocenters. The van der Waals surface area contributed by atoms with Gasteiger partial charge >= 0.3 is 0 Å². The van der Waals surface area contributed by atoms with Crippen LogP contribution >= 0.6 is 0 Å². The van der Waals surface area contributed by atoms with Crippen molar-refractivity contribution >= 4 is 17.5 Å². The van der Waals surface area contributed by atoms with Crippen LogP contribution in [-0.4, -0.2) is 18.4 Å². The minimum Gasteiger partial charge on any atom is -0.494 e. The number of unbranched alkanes of at least 4 members (excludes halogenated alkanes) is 1. The number of carbonyl (C=O) groups is 2. The highest BCUT2D eigenvalue weighted by Crippen LogP contribution is 2.41. The van der Waals surface area contributed by atoms with E-state index in [0.717, 1.165) is 46.5 Å². The predicted molar refractivity (Wildman–Crippen MR) is 111 cm³/mol. The van der Waals surface area contributed by atoms with E-state index in [4.69, 9.17) is 4.74 Å². The van der Waals surface area contributed by atoms with Crippen molar-refractivity contribution in [3.63, 3.8) is 0 Å². The number of carbonyl (C=O) groups excluding carboxylic acids is 2. The summed E-state index contributed by atoms with van der Waals surface area (Å²) in [5, 5.41) is 2.82. The first kappa shape index (κ1) is 19.9. The molecule has 0 fully saturated rings. The van der Waals surface area contributed by atoms with Crippen LogP contribution in [0.25, 0.3) is 0 Å². The molecule has 1 N–H and O–H groups in total. The van der Waals surface area contributed by atoms with Crippen molar-refractivity contribution in [2.75, 3.05) is 11.5 Å². The highest BCUT2D eigenvalue weighted by molar-refractivity contribution is 6.07. The Morgan fingerprint density at radius 1 is 1.11 bits per heavy atom. The SMILES string of the molecule is CCCCOc1ccc(CN2C(=O)C(NC(C)=O)c3c(C)ccc(C)c32)cc1. The minimum absolute atomic E-state index is 0.0918. The van der Waals surface area contributed by atoms with E-state index in [0.29, 0.717) is 13.2 Å². The monoisotopic (exact) mass is 380 g/mol. The molecule has 0 saturated carbocycles. The van der Waals surface area contributed by atoms with E-state index in [-0.39, 0.29) is 11.8 Å². The molecule has 2 amide bonds. The molecule has 2 aromatic rings. The summed E-state index contributed by atoms with van der Waals surface area (Å²) in [4.78, 5) is 26.6. The maximum absolute atomic E-state index is 13.1. The number of rotatable bonds is 7. The summed E-state index contributed by atoms with van der Waals surface area (Å²) >= 11 is 0. The molecule has 0 aromatic heterocycles. The third-order valence-electron chi connectivity index (χ3n) is 5.09. The second-order valence-electron chi connectivity index (χ2n) is 7.37. The van der Waals surface area contributed by atoms with Crippen molar-refractivity contribution in [1.82, 2.24) is 5.32 Å². The molecule has 0 bridgehead atoms. The highest BCUT2D eigenvalue weighted by Gasteiger charge is 2.39. The van der Waals surface area contributed by atoms with Crippen molar-refractivity contribution in [3.05, 3.63) is 58.7 Å². The number of nitrogens with zero attached hydrogens (tertiary/aromatic N) is 1. The summed E-state index contributed by atoms with van der Waals surface area (Å²) in [7, 11) is 0. The Morgan fingerprint density at radius 2 is 1.79 bits per heavy atom. The first-order valence-electron chi connectivity index (χ1n) is 9.82. The van der Waals surface area contributed by atoms with Crippen LogP contribution in [0.4, 0.5) is 5.69 Å². The van der Waals surface area contributed by atoms with E-state index in [2.05, 4.69) is 12.2 Å². The van der Waals surface area contributed by atoms with E-state index in [1.165, 1.54) is 6.92 Å². The Morgan fingerprint density at radius 3 is 2.43 bits per heavy atom. The molecule has 1 heterocycles. The first-order chi connectivity index (χ1) is 13.4. The van der Waals surface area contributed by atoms with E-state index >= 15 is 0 Å². The van der Waals surface area contributed by atoms with Crippen LogP contribution in [0.3, 0.4) is 0 Å². The van der Waals surface area contributed by atoms with Gasteiger partial charge in [0.15, 0.2) is 0 Å². The molecule has 1 aliphatic heterocycles. The van der Waals surface area contributed by atoms with Gasteiger partial charge in [-0.15, -0.1) is 0 Å². The van der Waals surface area contributed by atoms with E-state index in [1.54, 1.807) is 4.90 Å². The number of fused-ring (bicyclic) bond motifs is 1. The fourth-order valence-electron chi connectivity index (χ4n) is 3.63. The topological polar surface area (TPSA) is 58.6 Å². The number of anilines is 1. The van der Waals surface area contributed by atoms with E-state index in [1.807, 2.05) is 50.2 Å². The van der Waals surface area contributed by atoms with Gasteiger partial charge in [0, 0.05) is 12.5 Å². The number of amides is 2. The summed E-state index contributed by atoms with van der Waals surface area (Å²) in [6.45, 7) is 8.73. The molecule has 5 heteroatoms. The first-order valence-corrected chi connectivity index (χ1v) is 9.82. The lowest BCUT2D eigenvalue weighted by Gasteiger charge is -2.20. The van der Waals surface area contributed by atoms with Crippen LogP contribution < -0.4 is 15.0 Å². The van der Waals surface area contributed by atoms with E-state index < -0.39 is 6.04 Å². The second-order valence-corrected chi connectivity index (χ2v) is 7.37. The number of nitrogens with one attached hydrogen (secondary N) is 1. The molecule has 1 aliphatic rings. The fraction of sp³-hybridized carbons (Fsp3) is 0.391. The van der Waals surface area contributed by atoms with Gasteiger partial charge in [-0.2, -0.15) is 0 Å². The molecule has 3 rings (SSSR count). The van der Waals surface area contributed by atoms with Gasteiger partial charge in [0.25, 0.3) is 5.91 Å². The molecule has 0 aliphatic carbocycles. The summed E-state index contributed by atoms with van der Waals surface area (Å²) in [6.07, 6.45) is 2.13. The van der Waals surface area contributed by atoms with Crippen LogP contribution in [0, 0.1) is 13.8 Å². The zero-order chi connectivity index (χ0) is 20.3. The van der Waals surface area contributed by atoms with Crippen molar-refractivity contribution in [2.24, 2.45) is 0 Å². The number of aryl methyl sites for hydroxylation is 2. The van der Waals surface area contributed by atoms with Crippen molar-refractivity contribution in [2.45, 2.75) is 53.1 Å². The maximum atomic E-state index is 13.1. The third-order valence-corrected chi connectivity index (χ3v) is 5.09. The average molecular weight is 380 g/mol. The molecule has 148 valence electrons. The molecule has 0 radical (unpaired) electrons. The molecule has 5 nitrogen and oxygen atoms in total. The largest absolute Gasteiger partial charge is 0.494 e. The number of hydrogen-bond acceptors (Lipinski definition) is 3. The Bertz CT molecular complexity index is 874. The Labute approximate surface area is 166 Å². The molecule has 0 spiro atoms. The standard InChI is InChI=1S/C23H28N2O3/c1-5-6-13-28-19-11-9-18(10-12-19)14-25-22-16(3)8-7-15(2)20(22)21(23(25)27)24-17(4)26/h7-12,21H,5-6,13-14H2,1-4H3,(H,24,26). The van der Waals surface area contributed by atoms with Crippen molar-refractivity contribution < 1.29 is 14.3 Å². The van der Waals surface area contributed by atoms with Crippen LogP contribution in [0.1, 0.15) is 55.0 Å². The summed E-state index contributed by atoms with van der Waals surface area (Å²) < 4.78 is 5.72. The minimum atomic E-state index is -0.621. The van der Waals surface area contributed by atoms with Gasteiger partial charge in [-0.1, -0.05) is 37.6 Å². The second kappa shape index (κ2) is 8.46. The maximum Gasteiger partial charge on any atom is 0.254 e. The lowest BCUT2D eigenvalue weighted by atomic mass is 9.99. The number of hydrogen-bond donors (Lipinski definition) is 1. The quantitative estimate of drug-likeness (QED) is 0.732. The van der Waals surface area contributed by atoms with E-state index in [9.17, 15) is 9.59 Å². The fourth-order valence-corrected chi connectivity index (χ4v) is 3.63. The van der Waals surface area contributed by atoms with Crippen LogP contribution in [0.15, 0.2) is 36.4 Å². The highest BCUT2D eigenvalue weighted by atomic mass is 16.5. The van der Waals surface area contributed by atoms with Gasteiger partial charge in [0.1, 0.15) is 11.8 Å². The predicted octanol–water partition coefficient (Wildman–Crippen LogP) is 4.21.